The highest BCUT2D eigenvalue weighted by atomic mass is 16.5. The third kappa shape index (κ3) is 3.83. The molecule has 174 valence electrons. The molecular formula is C25H24N4O5. The van der Waals surface area contributed by atoms with E-state index < -0.39 is 17.7 Å². The number of methoxy groups -OCH3 is 1. The maximum absolute atomic E-state index is 13.2. The molecule has 4 heterocycles. The molecule has 9 heteroatoms. The van der Waals surface area contributed by atoms with Crippen molar-refractivity contribution in [1.29, 1.82) is 0 Å². The lowest BCUT2D eigenvalue weighted by Gasteiger charge is -2.33. The Kier molecular flexibility index (Phi) is 5.83. The number of ketones is 1. The summed E-state index contributed by atoms with van der Waals surface area (Å²) in [5.41, 5.74) is 1.81. The molecule has 0 aromatic carbocycles. The van der Waals surface area contributed by atoms with Crippen molar-refractivity contribution in [3.63, 3.8) is 0 Å². The minimum atomic E-state index is -0.716. The number of pyridine rings is 2. The Morgan fingerprint density at radius 1 is 1.06 bits per heavy atom. The van der Waals surface area contributed by atoms with Crippen LogP contribution >= 0.6 is 0 Å². The van der Waals surface area contributed by atoms with Gasteiger partial charge in [-0.2, -0.15) is 0 Å². The number of hydrogen-bond acceptors (Lipinski definition) is 8. The zero-order valence-corrected chi connectivity index (χ0v) is 18.7. The summed E-state index contributed by atoms with van der Waals surface area (Å²) in [6.45, 7) is 0. The summed E-state index contributed by atoms with van der Waals surface area (Å²) in [5, 5.41) is 15.1. The van der Waals surface area contributed by atoms with Gasteiger partial charge in [-0.25, -0.2) is 9.97 Å². The van der Waals surface area contributed by atoms with Crippen molar-refractivity contribution in [1.82, 2.24) is 15.1 Å². The van der Waals surface area contributed by atoms with E-state index in [1.165, 1.54) is 24.5 Å². The van der Waals surface area contributed by atoms with Gasteiger partial charge < -0.3 is 14.4 Å². The second-order valence-electron chi connectivity index (χ2n) is 8.49. The standard InChI is InChI=1S/C25H24N4O5/c1-33-20-10-8-17(14-27-20)23(30)21-22(15-5-3-2-4-6-15)29(25(32)24(21)31)19-9-7-16(13-26-19)18-11-12-34-28-18/h7-15,22,30H,2-6H2,1H3/b23-21-. The van der Waals surface area contributed by atoms with Gasteiger partial charge in [-0.05, 0) is 37.0 Å². The van der Waals surface area contributed by atoms with Crippen LogP contribution in [0.3, 0.4) is 0 Å². The first-order valence-electron chi connectivity index (χ1n) is 11.3. The van der Waals surface area contributed by atoms with Crippen molar-refractivity contribution in [2.75, 3.05) is 12.0 Å². The number of aliphatic hydroxyl groups is 1. The number of aliphatic hydroxyl groups excluding tert-OH is 1. The van der Waals surface area contributed by atoms with Gasteiger partial charge in [0.15, 0.2) is 0 Å². The Bertz CT molecular complexity index is 1210. The van der Waals surface area contributed by atoms with E-state index in [0.29, 0.717) is 23.0 Å². The van der Waals surface area contributed by atoms with Gasteiger partial charge in [0.1, 0.15) is 23.5 Å². The third-order valence-electron chi connectivity index (χ3n) is 6.53. The zero-order valence-electron chi connectivity index (χ0n) is 18.7. The Hall–Kier alpha value is -4.01. The summed E-state index contributed by atoms with van der Waals surface area (Å²) in [7, 11) is 1.50. The molecule has 1 amide bonds. The van der Waals surface area contributed by atoms with Crippen LogP contribution in [0.1, 0.15) is 37.7 Å². The second kappa shape index (κ2) is 9.09. The number of rotatable bonds is 5. The fourth-order valence-electron chi connectivity index (χ4n) is 4.84. The van der Waals surface area contributed by atoms with E-state index in [0.717, 1.165) is 37.7 Å². The molecule has 1 saturated carbocycles. The van der Waals surface area contributed by atoms with Gasteiger partial charge in [-0.1, -0.05) is 24.4 Å². The van der Waals surface area contributed by atoms with Crippen molar-refractivity contribution in [2.24, 2.45) is 5.92 Å². The lowest BCUT2D eigenvalue weighted by atomic mass is 9.80. The van der Waals surface area contributed by atoms with E-state index in [1.807, 2.05) is 0 Å². The van der Waals surface area contributed by atoms with Crippen LogP contribution in [0.2, 0.25) is 0 Å². The molecular weight excluding hydrogens is 436 g/mol. The van der Waals surface area contributed by atoms with E-state index in [9.17, 15) is 14.7 Å². The molecule has 2 fully saturated rings. The number of Topliss-reactive ketones (excluding diaryl/α,β-unsaturated/α-hetero) is 1. The van der Waals surface area contributed by atoms with Gasteiger partial charge in [-0.15, -0.1) is 0 Å². The fraction of sp³-hybridized carbons (Fsp3) is 0.320. The number of aromatic nitrogens is 3. The van der Waals surface area contributed by atoms with Crippen molar-refractivity contribution >= 4 is 23.3 Å². The Morgan fingerprint density at radius 3 is 2.50 bits per heavy atom. The summed E-state index contributed by atoms with van der Waals surface area (Å²) in [6.07, 6.45) is 9.35. The summed E-state index contributed by atoms with van der Waals surface area (Å²) < 4.78 is 9.97. The average Bonchev–Trinajstić information content (AvgIpc) is 3.52. The minimum absolute atomic E-state index is 0.0320. The van der Waals surface area contributed by atoms with E-state index in [2.05, 4.69) is 15.1 Å². The van der Waals surface area contributed by atoms with Crippen molar-refractivity contribution < 1.29 is 24.0 Å². The van der Waals surface area contributed by atoms with Crippen LogP contribution in [-0.2, 0) is 9.59 Å². The Morgan fingerprint density at radius 2 is 1.88 bits per heavy atom. The molecule has 1 atom stereocenters. The minimum Gasteiger partial charge on any atom is -0.507 e. The summed E-state index contributed by atoms with van der Waals surface area (Å²) in [5.74, 6) is -0.865. The number of carbonyl (C=O) groups excluding carboxylic acids is 2. The van der Waals surface area contributed by atoms with Crippen molar-refractivity contribution in [3.05, 3.63) is 60.1 Å². The SMILES string of the molecule is COc1ccc(/C(O)=C2/C(=O)C(=O)N(c3ccc(-c4ccon4)cn3)C2C2CCCCC2)cn1. The highest BCUT2D eigenvalue weighted by Gasteiger charge is 2.49. The van der Waals surface area contributed by atoms with Crippen LogP contribution < -0.4 is 9.64 Å². The third-order valence-corrected chi connectivity index (χ3v) is 6.53. The Balaban J connectivity index is 1.58. The molecule has 34 heavy (non-hydrogen) atoms. The van der Waals surface area contributed by atoms with Crippen LogP contribution in [0, 0.1) is 5.92 Å². The van der Waals surface area contributed by atoms with Gasteiger partial charge in [0.25, 0.3) is 5.78 Å². The lowest BCUT2D eigenvalue weighted by molar-refractivity contribution is -0.132. The summed E-state index contributed by atoms with van der Waals surface area (Å²) in [6, 6.07) is 7.81. The monoisotopic (exact) mass is 460 g/mol. The first-order valence-corrected chi connectivity index (χ1v) is 11.3. The quantitative estimate of drug-likeness (QED) is 0.345. The van der Waals surface area contributed by atoms with Crippen LogP contribution in [0.5, 0.6) is 5.88 Å². The molecule has 1 saturated heterocycles. The van der Waals surface area contributed by atoms with E-state index in [4.69, 9.17) is 9.26 Å². The van der Waals surface area contributed by atoms with Gasteiger partial charge in [-0.3, -0.25) is 14.5 Å². The summed E-state index contributed by atoms with van der Waals surface area (Å²) in [4.78, 5) is 36.5. The van der Waals surface area contributed by atoms with E-state index >= 15 is 0 Å². The first kappa shape index (κ1) is 21.8. The molecule has 2 aliphatic rings. The highest BCUT2D eigenvalue weighted by molar-refractivity contribution is 6.51. The smallest absolute Gasteiger partial charge is 0.301 e. The predicted octanol–water partition coefficient (Wildman–Crippen LogP) is 3.97. The molecule has 5 rings (SSSR count). The molecule has 1 N–H and O–H groups in total. The van der Waals surface area contributed by atoms with Gasteiger partial charge >= 0.3 is 5.91 Å². The molecule has 3 aromatic heterocycles. The maximum Gasteiger partial charge on any atom is 0.301 e. The number of anilines is 1. The maximum atomic E-state index is 13.2. The Labute approximate surface area is 196 Å². The van der Waals surface area contributed by atoms with Crippen LogP contribution in [0.25, 0.3) is 17.0 Å². The number of hydrogen-bond donors (Lipinski definition) is 1. The topological polar surface area (TPSA) is 119 Å². The predicted molar refractivity (Wildman–Crippen MR) is 123 cm³/mol. The van der Waals surface area contributed by atoms with Gasteiger partial charge in [0, 0.05) is 35.7 Å². The van der Waals surface area contributed by atoms with Gasteiger partial charge in [0.2, 0.25) is 5.88 Å². The van der Waals surface area contributed by atoms with Crippen molar-refractivity contribution in [2.45, 2.75) is 38.1 Å². The van der Waals surface area contributed by atoms with Gasteiger partial charge in [0.05, 0.1) is 18.7 Å². The lowest BCUT2D eigenvalue weighted by Crippen LogP contribution is -2.40. The van der Waals surface area contributed by atoms with Crippen LogP contribution in [0.15, 0.2) is 59.1 Å². The molecule has 0 radical (unpaired) electrons. The number of amides is 1. The first-order chi connectivity index (χ1) is 16.6. The van der Waals surface area contributed by atoms with Crippen LogP contribution in [0.4, 0.5) is 5.82 Å². The number of nitrogens with zero attached hydrogens (tertiary/aromatic N) is 4. The van der Waals surface area contributed by atoms with E-state index in [-0.39, 0.29) is 17.3 Å². The number of ether oxygens (including phenoxy) is 1. The fourth-order valence-corrected chi connectivity index (χ4v) is 4.84. The second-order valence-corrected chi connectivity index (χ2v) is 8.49. The zero-order chi connectivity index (χ0) is 23.7. The molecule has 1 unspecified atom stereocenters. The number of carbonyl (C=O) groups is 2. The molecule has 0 spiro atoms. The normalized spacial score (nSPS) is 20.6. The largest absolute Gasteiger partial charge is 0.507 e. The highest BCUT2D eigenvalue weighted by Crippen LogP contribution is 2.41. The summed E-state index contributed by atoms with van der Waals surface area (Å²) >= 11 is 0. The van der Waals surface area contributed by atoms with E-state index in [1.54, 1.807) is 36.5 Å². The molecule has 9 nitrogen and oxygen atoms in total. The molecule has 0 bridgehead atoms. The molecule has 1 aliphatic heterocycles. The molecule has 3 aromatic rings. The van der Waals surface area contributed by atoms with Crippen LogP contribution in [-0.4, -0.2) is 45.1 Å². The molecule has 1 aliphatic carbocycles. The average molecular weight is 460 g/mol. The van der Waals surface area contributed by atoms with Crippen molar-refractivity contribution in [3.8, 4) is 17.1 Å².